The predicted molar refractivity (Wildman–Crippen MR) is 134 cm³/mol. The lowest BCUT2D eigenvalue weighted by molar-refractivity contribution is -0.172. The van der Waals surface area contributed by atoms with Gasteiger partial charge in [-0.15, -0.1) is 0 Å². The molecule has 0 aromatic rings. The topological polar surface area (TPSA) is 138 Å². The lowest BCUT2D eigenvalue weighted by Crippen LogP contribution is -2.53. The minimum Gasteiger partial charge on any atom is -0.462 e. The molecule has 0 saturated heterocycles. The summed E-state index contributed by atoms with van der Waals surface area (Å²) in [5.41, 5.74) is -2.22. The first-order chi connectivity index (χ1) is 16.7. The molecule has 3 N–H and O–H groups in total. The van der Waals surface area contributed by atoms with E-state index < -0.39 is 54.0 Å². The number of carbonyl (C=O) groups excluding carboxylic acids is 4. The highest BCUT2D eigenvalue weighted by atomic mass is 16.5. The van der Waals surface area contributed by atoms with E-state index in [-0.39, 0.29) is 13.0 Å². The van der Waals surface area contributed by atoms with Gasteiger partial charge in [0.25, 0.3) is 0 Å². The monoisotopic (exact) mass is 500 g/mol. The smallest absolute Gasteiger partial charge is 0.328 e. The molecule has 0 saturated carbocycles. The summed E-state index contributed by atoms with van der Waals surface area (Å²) in [5.74, 6) is -4.18. The molecule has 0 aliphatic carbocycles. The molecule has 8 heteroatoms. The standard InChI is InChI=1S/C27H48O8/c1-21(30)25(27(22(2)31,23(3)32)26(34)35-20-24(33)19-29)17-15-13-11-9-7-5-4-6-8-10-12-14-16-18-28/h24-25,28-29,33H,4-20H2,1-3H3. The van der Waals surface area contributed by atoms with Gasteiger partial charge in [-0.25, -0.2) is 0 Å². The van der Waals surface area contributed by atoms with E-state index in [1.807, 2.05) is 0 Å². The van der Waals surface area contributed by atoms with Crippen LogP contribution in [-0.4, -0.2) is 64.6 Å². The van der Waals surface area contributed by atoms with Crippen LogP contribution < -0.4 is 0 Å². The molecule has 2 unspecified atom stereocenters. The van der Waals surface area contributed by atoms with Gasteiger partial charge in [0.15, 0.2) is 17.0 Å². The fraction of sp³-hybridized carbons (Fsp3) is 0.852. The Kier molecular flexibility index (Phi) is 18.6. The maximum absolute atomic E-state index is 12.8. The summed E-state index contributed by atoms with van der Waals surface area (Å²) in [6.07, 6.45) is 12.9. The molecule has 0 fully saturated rings. The molecule has 2 atom stereocenters. The molecule has 0 bridgehead atoms. The number of unbranched alkanes of at least 4 members (excludes halogenated alkanes) is 12. The Morgan fingerprint density at radius 2 is 1.09 bits per heavy atom. The van der Waals surface area contributed by atoms with E-state index in [1.54, 1.807) is 0 Å². The average molecular weight is 501 g/mol. The van der Waals surface area contributed by atoms with Crippen LogP contribution in [0.1, 0.15) is 111 Å². The van der Waals surface area contributed by atoms with Crippen LogP contribution in [0.3, 0.4) is 0 Å². The first-order valence-corrected chi connectivity index (χ1v) is 13.3. The van der Waals surface area contributed by atoms with Crippen molar-refractivity contribution in [1.29, 1.82) is 0 Å². The van der Waals surface area contributed by atoms with Crippen molar-refractivity contribution in [1.82, 2.24) is 0 Å². The molecule has 35 heavy (non-hydrogen) atoms. The molecule has 0 aliphatic heterocycles. The van der Waals surface area contributed by atoms with E-state index >= 15 is 0 Å². The highest BCUT2D eigenvalue weighted by molar-refractivity contribution is 6.23. The lowest BCUT2D eigenvalue weighted by atomic mass is 9.66. The third kappa shape index (κ3) is 12.2. The minimum atomic E-state index is -2.22. The summed E-state index contributed by atoms with van der Waals surface area (Å²) in [5, 5.41) is 27.2. The highest BCUT2D eigenvalue weighted by Gasteiger charge is 2.57. The first kappa shape index (κ1) is 33.4. The van der Waals surface area contributed by atoms with Crippen molar-refractivity contribution in [2.75, 3.05) is 19.8 Å². The van der Waals surface area contributed by atoms with Gasteiger partial charge in [0.1, 0.15) is 18.5 Å². The van der Waals surface area contributed by atoms with Gasteiger partial charge in [0.05, 0.1) is 6.61 Å². The maximum Gasteiger partial charge on any atom is 0.328 e. The Hall–Kier alpha value is -1.64. The zero-order valence-corrected chi connectivity index (χ0v) is 22.1. The normalized spacial score (nSPS) is 13.3. The van der Waals surface area contributed by atoms with Crippen molar-refractivity contribution < 1.29 is 39.2 Å². The Labute approximate surface area is 210 Å². The van der Waals surface area contributed by atoms with E-state index in [0.29, 0.717) is 6.42 Å². The van der Waals surface area contributed by atoms with E-state index in [1.165, 1.54) is 45.4 Å². The van der Waals surface area contributed by atoms with Crippen LogP contribution in [0.5, 0.6) is 0 Å². The van der Waals surface area contributed by atoms with Crippen LogP contribution in [0, 0.1) is 11.3 Å². The molecule has 0 amide bonds. The number of esters is 1. The van der Waals surface area contributed by atoms with E-state index in [4.69, 9.17) is 14.9 Å². The average Bonchev–Trinajstić information content (AvgIpc) is 2.81. The van der Waals surface area contributed by atoms with Crippen LogP contribution in [-0.2, 0) is 23.9 Å². The molecular weight excluding hydrogens is 452 g/mol. The van der Waals surface area contributed by atoms with Crippen LogP contribution in [0.25, 0.3) is 0 Å². The summed E-state index contributed by atoms with van der Waals surface area (Å²) in [4.78, 5) is 50.4. The van der Waals surface area contributed by atoms with Gasteiger partial charge in [-0.1, -0.05) is 77.0 Å². The second-order valence-electron chi connectivity index (χ2n) is 9.63. The summed E-state index contributed by atoms with van der Waals surface area (Å²) >= 11 is 0. The Morgan fingerprint density at radius 1 is 0.686 bits per heavy atom. The predicted octanol–water partition coefficient (Wildman–Crippen LogP) is 3.71. The van der Waals surface area contributed by atoms with Gasteiger partial charge in [0, 0.05) is 12.5 Å². The number of hydrogen-bond acceptors (Lipinski definition) is 8. The van der Waals surface area contributed by atoms with E-state index in [0.717, 1.165) is 52.4 Å². The van der Waals surface area contributed by atoms with Crippen LogP contribution in [0.4, 0.5) is 0 Å². The van der Waals surface area contributed by atoms with Crippen molar-refractivity contribution in [2.24, 2.45) is 11.3 Å². The molecule has 0 rings (SSSR count). The van der Waals surface area contributed by atoms with Crippen LogP contribution in [0.15, 0.2) is 0 Å². The van der Waals surface area contributed by atoms with Crippen molar-refractivity contribution in [3.8, 4) is 0 Å². The summed E-state index contributed by atoms with van der Waals surface area (Å²) < 4.78 is 4.99. The quantitative estimate of drug-likeness (QED) is 0.110. The molecular formula is C27H48O8. The molecule has 0 radical (unpaired) electrons. The first-order valence-electron chi connectivity index (χ1n) is 13.3. The van der Waals surface area contributed by atoms with Gasteiger partial charge < -0.3 is 20.1 Å². The Bertz CT molecular complexity index is 617. The molecule has 0 spiro atoms. The number of ether oxygens (including phenoxy) is 1. The lowest BCUT2D eigenvalue weighted by Gasteiger charge is -2.33. The number of ketones is 3. The van der Waals surface area contributed by atoms with E-state index in [9.17, 15) is 24.3 Å². The second-order valence-corrected chi connectivity index (χ2v) is 9.63. The largest absolute Gasteiger partial charge is 0.462 e. The maximum atomic E-state index is 12.8. The molecule has 0 aliphatic rings. The molecule has 0 aromatic heterocycles. The van der Waals surface area contributed by atoms with Crippen LogP contribution in [0.2, 0.25) is 0 Å². The second kappa shape index (κ2) is 19.5. The summed E-state index contributed by atoms with van der Waals surface area (Å²) in [6, 6.07) is 0. The van der Waals surface area contributed by atoms with E-state index in [2.05, 4.69) is 0 Å². The third-order valence-electron chi connectivity index (χ3n) is 6.71. The third-order valence-corrected chi connectivity index (χ3v) is 6.71. The minimum absolute atomic E-state index is 0.225. The van der Waals surface area contributed by atoms with Gasteiger partial charge in [-0.05, 0) is 33.6 Å². The molecule has 0 aromatic carbocycles. The zero-order chi connectivity index (χ0) is 26.7. The molecule has 0 heterocycles. The van der Waals surface area contributed by atoms with Gasteiger partial charge in [0.2, 0.25) is 0 Å². The number of rotatable bonds is 23. The van der Waals surface area contributed by atoms with Crippen molar-refractivity contribution in [3.05, 3.63) is 0 Å². The number of aliphatic hydroxyl groups is 3. The number of Topliss-reactive ketones (excluding diaryl/α,β-unsaturated/α-hetero) is 3. The summed E-state index contributed by atoms with van der Waals surface area (Å²) in [7, 11) is 0. The fourth-order valence-electron chi connectivity index (χ4n) is 4.64. The highest BCUT2D eigenvalue weighted by Crippen LogP contribution is 2.37. The fourth-order valence-corrected chi connectivity index (χ4v) is 4.64. The van der Waals surface area contributed by atoms with Gasteiger partial charge in [-0.2, -0.15) is 0 Å². The number of aliphatic hydroxyl groups excluding tert-OH is 3. The van der Waals surface area contributed by atoms with Gasteiger partial charge in [-0.3, -0.25) is 19.2 Å². The molecule has 204 valence electrons. The van der Waals surface area contributed by atoms with Crippen LogP contribution >= 0.6 is 0 Å². The SMILES string of the molecule is CC(=O)C(CCCCCCCCCCCCCCCO)C(C(C)=O)(C(C)=O)C(=O)OCC(O)CO. The summed E-state index contributed by atoms with van der Waals surface area (Å²) in [6.45, 7) is 2.57. The molecule has 8 nitrogen and oxygen atoms in total. The zero-order valence-electron chi connectivity index (χ0n) is 22.1. The number of hydrogen-bond donors (Lipinski definition) is 3. The number of carbonyl (C=O) groups is 4. The van der Waals surface area contributed by atoms with Crippen molar-refractivity contribution in [3.63, 3.8) is 0 Å². The van der Waals surface area contributed by atoms with Crippen molar-refractivity contribution >= 4 is 23.3 Å². The van der Waals surface area contributed by atoms with Crippen molar-refractivity contribution in [2.45, 2.75) is 117 Å². The Balaban J connectivity index is 4.58. The Morgan fingerprint density at radius 3 is 1.43 bits per heavy atom. The van der Waals surface area contributed by atoms with Gasteiger partial charge >= 0.3 is 5.97 Å².